The van der Waals surface area contributed by atoms with Crippen LogP contribution in [-0.2, 0) is 0 Å². The van der Waals surface area contributed by atoms with Gasteiger partial charge >= 0.3 is 0 Å². The van der Waals surface area contributed by atoms with Crippen LogP contribution in [0.1, 0.15) is 39.5 Å². The van der Waals surface area contributed by atoms with Crippen LogP contribution < -0.4 is 5.73 Å². The summed E-state index contributed by atoms with van der Waals surface area (Å²) in [5, 5.41) is 0. The zero-order valence-electron chi connectivity index (χ0n) is 11.1. The van der Waals surface area contributed by atoms with Crippen LogP contribution in [0, 0.1) is 0 Å². The third-order valence-corrected chi connectivity index (χ3v) is 3.65. The normalized spacial score (nSPS) is 21.9. The van der Waals surface area contributed by atoms with Gasteiger partial charge in [-0.15, -0.1) is 0 Å². The third kappa shape index (κ3) is 4.40. The molecule has 3 nitrogen and oxygen atoms in total. The summed E-state index contributed by atoms with van der Waals surface area (Å²) in [6, 6.07) is 0.714. The molecule has 0 spiro atoms. The summed E-state index contributed by atoms with van der Waals surface area (Å²) in [7, 11) is 0. The van der Waals surface area contributed by atoms with Gasteiger partial charge in [0.15, 0.2) is 0 Å². The minimum Gasteiger partial charge on any atom is -0.330 e. The first kappa shape index (κ1) is 13.9. The molecule has 0 aromatic rings. The van der Waals surface area contributed by atoms with Crippen LogP contribution >= 0.6 is 0 Å². The molecule has 96 valence electrons. The van der Waals surface area contributed by atoms with Crippen LogP contribution in [-0.4, -0.2) is 55.1 Å². The van der Waals surface area contributed by atoms with Gasteiger partial charge in [-0.3, -0.25) is 4.90 Å². The summed E-state index contributed by atoms with van der Waals surface area (Å²) in [4.78, 5) is 5.26. The van der Waals surface area contributed by atoms with Crippen molar-refractivity contribution in [3.8, 4) is 0 Å². The predicted molar refractivity (Wildman–Crippen MR) is 70.7 cm³/mol. The lowest BCUT2D eigenvalue weighted by molar-refractivity contribution is 0.185. The maximum Gasteiger partial charge on any atom is 0.0112 e. The van der Waals surface area contributed by atoms with E-state index in [9.17, 15) is 0 Å². The van der Waals surface area contributed by atoms with E-state index in [2.05, 4.69) is 23.6 Å². The highest BCUT2D eigenvalue weighted by Gasteiger charge is 2.19. The molecule has 0 amide bonds. The lowest BCUT2D eigenvalue weighted by Gasteiger charge is -2.29. The number of rotatable bonds is 6. The molecule has 0 aliphatic carbocycles. The fraction of sp³-hybridized carbons (Fsp3) is 1.00. The van der Waals surface area contributed by atoms with Gasteiger partial charge < -0.3 is 10.6 Å². The first-order chi connectivity index (χ1) is 7.81. The standard InChI is InChI=1S/C13H29N3/c1-3-8-15-9-5-10-16(12-11-15)13(4-2)6-7-14/h13H,3-12,14H2,1-2H3. The molecular formula is C13H29N3. The van der Waals surface area contributed by atoms with Crippen molar-refractivity contribution in [2.75, 3.05) is 39.3 Å². The highest BCUT2D eigenvalue weighted by Crippen LogP contribution is 2.12. The van der Waals surface area contributed by atoms with Gasteiger partial charge in [0.1, 0.15) is 0 Å². The fourth-order valence-corrected chi connectivity index (χ4v) is 2.73. The molecule has 3 heteroatoms. The summed E-state index contributed by atoms with van der Waals surface area (Å²) in [5.41, 5.74) is 5.69. The van der Waals surface area contributed by atoms with Gasteiger partial charge in [0.2, 0.25) is 0 Å². The Balaban J connectivity index is 2.38. The molecule has 0 saturated carbocycles. The molecule has 1 aliphatic rings. The van der Waals surface area contributed by atoms with Crippen LogP contribution in [0.3, 0.4) is 0 Å². The van der Waals surface area contributed by atoms with E-state index in [1.54, 1.807) is 0 Å². The number of nitrogens with two attached hydrogens (primary N) is 1. The second-order valence-electron chi connectivity index (χ2n) is 4.87. The lowest BCUT2D eigenvalue weighted by Crippen LogP contribution is -2.39. The van der Waals surface area contributed by atoms with Crippen LogP contribution in [0.2, 0.25) is 0 Å². The van der Waals surface area contributed by atoms with E-state index in [1.165, 1.54) is 52.0 Å². The van der Waals surface area contributed by atoms with E-state index in [4.69, 9.17) is 5.73 Å². The molecule has 0 aromatic carbocycles. The summed E-state index contributed by atoms with van der Waals surface area (Å²) in [6.45, 7) is 11.7. The van der Waals surface area contributed by atoms with Crippen molar-refractivity contribution in [1.82, 2.24) is 9.80 Å². The SMILES string of the molecule is CCCN1CCCN(C(CC)CCN)CC1. The zero-order valence-corrected chi connectivity index (χ0v) is 11.1. The Morgan fingerprint density at radius 3 is 2.56 bits per heavy atom. The van der Waals surface area contributed by atoms with E-state index in [1.807, 2.05) is 0 Å². The zero-order chi connectivity index (χ0) is 11.8. The Hall–Kier alpha value is -0.120. The van der Waals surface area contributed by atoms with Crippen LogP contribution in [0.15, 0.2) is 0 Å². The molecule has 16 heavy (non-hydrogen) atoms. The van der Waals surface area contributed by atoms with Crippen LogP contribution in [0.5, 0.6) is 0 Å². The number of hydrogen-bond donors (Lipinski definition) is 1. The van der Waals surface area contributed by atoms with Gasteiger partial charge in [-0.2, -0.15) is 0 Å². The molecule has 1 heterocycles. The Kier molecular flexibility index (Phi) is 7.01. The van der Waals surface area contributed by atoms with Crippen molar-refractivity contribution in [2.45, 2.75) is 45.6 Å². The predicted octanol–water partition coefficient (Wildman–Crippen LogP) is 1.53. The Morgan fingerprint density at radius 2 is 1.94 bits per heavy atom. The molecule has 1 atom stereocenters. The largest absolute Gasteiger partial charge is 0.330 e. The minimum absolute atomic E-state index is 0.714. The second kappa shape index (κ2) is 8.04. The van der Waals surface area contributed by atoms with Gasteiger partial charge in [0.25, 0.3) is 0 Å². The highest BCUT2D eigenvalue weighted by molar-refractivity contribution is 4.76. The van der Waals surface area contributed by atoms with Crippen molar-refractivity contribution in [1.29, 1.82) is 0 Å². The Labute approximate surface area is 101 Å². The summed E-state index contributed by atoms with van der Waals surface area (Å²) in [5.74, 6) is 0. The maximum absolute atomic E-state index is 5.69. The van der Waals surface area contributed by atoms with Gasteiger partial charge in [0, 0.05) is 19.1 Å². The Morgan fingerprint density at radius 1 is 1.12 bits per heavy atom. The molecule has 1 saturated heterocycles. The van der Waals surface area contributed by atoms with Gasteiger partial charge in [-0.25, -0.2) is 0 Å². The number of nitrogens with zero attached hydrogens (tertiary/aromatic N) is 2. The minimum atomic E-state index is 0.714. The van der Waals surface area contributed by atoms with E-state index in [0.29, 0.717) is 6.04 Å². The maximum atomic E-state index is 5.69. The van der Waals surface area contributed by atoms with Crippen molar-refractivity contribution < 1.29 is 0 Å². The number of hydrogen-bond acceptors (Lipinski definition) is 3. The molecule has 2 N–H and O–H groups in total. The van der Waals surface area contributed by atoms with E-state index in [-0.39, 0.29) is 0 Å². The highest BCUT2D eigenvalue weighted by atomic mass is 15.2. The van der Waals surface area contributed by atoms with Crippen molar-refractivity contribution >= 4 is 0 Å². The van der Waals surface area contributed by atoms with Crippen LogP contribution in [0.25, 0.3) is 0 Å². The average Bonchev–Trinajstić information content (AvgIpc) is 2.52. The quantitative estimate of drug-likeness (QED) is 0.747. The first-order valence-corrected chi connectivity index (χ1v) is 6.98. The van der Waals surface area contributed by atoms with Gasteiger partial charge in [-0.05, 0) is 51.9 Å². The fourth-order valence-electron chi connectivity index (χ4n) is 2.73. The molecule has 0 bridgehead atoms. The van der Waals surface area contributed by atoms with E-state index >= 15 is 0 Å². The molecule has 1 fully saturated rings. The van der Waals surface area contributed by atoms with Crippen molar-refractivity contribution in [2.24, 2.45) is 5.73 Å². The molecular weight excluding hydrogens is 198 g/mol. The molecule has 0 radical (unpaired) electrons. The van der Waals surface area contributed by atoms with Crippen molar-refractivity contribution in [3.05, 3.63) is 0 Å². The molecule has 1 unspecified atom stereocenters. The molecule has 1 aliphatic heterocycles. The van der Waals surface area contributed by atoms with E-state index < -0.39 is 0 Å². The lowest BCUT2D eigenvalue weighted by atomic mass is 10.1. The average molecular weight is 227 g/mol. The second-order valence-corrected chi connectivity index (χ2v) is 4.87. The van der Waals surface area contributed by atoms with E-state index in [0.717, 1.165) is 13.0 Å². The topological polar surface area (TPSA) is 32.5 Å². The van der Waals surface area contributed by atoms with Crippen LogP contribution in [0.4, 0.5) is 0 Å². The summed E-state index contributed by atoms with van der Waals surface area (Å²) < 4.78 is 0. The smallest absolute Gasteiger partial charge is 0.0112 e. The molecule has 1 rings (SSSR count). The van der Waals surface area contributed by atoms with Crippen molar-refractivity contribution in [3.63, 3.8) is 0 Å². The summed E-state index contributed by atoms with van der Waals surface area (Å²) >= 11 is 0. The van der Waals surface area contributed by atoms with Gasteiger partial charge in [0.05, 0.1) is 0 Å². The first-order valence-electron chi connectivity index (χ1n) is 6.98. The molecule has 0 aromatic heterocycles. The van der Waals surface area contributed by atoms with Gasteiger partial charge in [-0.1, -0.05) is 13.8 Å². The summed E-state index contributed by atoms with van der Waals surface area (Å²) in [6.07, 6.45) is 5.00. The Bertz CT molecular complexity index is 173. The monoisotopic (exact) mass is 227 g/mol. The third-order valence-electron chi connectivity index (χ3n) is 3.65.